The molecule has 0 atom stereocenters. The highest BCUT2D eigenvalue weighted by molar-refractivity contribution is 5.40. The van der Waals surface area contributed by atoms with Gasteiger partial charge in [-0.2, -0.15) is 0 Å². The van der Waals surface area contributed by atoms with E-state index in [1.54, 1.807) is 12.1 Å². The smallest absolute Gasteiger partial charge is 0.157 e. The van der Waals surface area contributed by atoms with Crippen LogP contribution in [0, 0.1) is 5.92 Å². The quantitative estimate of drug-likeness (QED) is 0.699. The monoisotopic (exact) mass is 278 g/mol. The topological polar surface area (TPSA) is 55.7 Å². The molecule has 0 aliphatic carbocycles. The van der Waals surface area contributed by atoms with E-state index in [-0.39, 0.29) is 11.5 Å². The minimum absolute atomic E-state index is 0.0270. The molecule has 1 saturated heterocycles. The lowest BCUT2D eigenvalue weighted by molar-refractivity contribution is 0.198. The Hall–Kier alpha value is -1.26. The zero-order valence-corrected chi connectivity index (χ0v) is 12.3. The predicted molar refractivity (Wildman–Crippen MR) is 80.9 cm³/mol. The minimum atomic E-state index is -0.0471. The van der Waals surface area contributed by atoms with Gasteiger partial charge >= 0.3 is 0 Å². The first kappa shape index (κ1) is 15.1. The van der Waals surface area contributed by atoms with Crippen molar-refractivity contribution in [3.63, 3.8) is 0 Å². The summed E-state index contributed by atoms with van der Waals surface area (Å²) in [5.41, 5.74) is 1.06. The molecule has 1 aromatic rings. The van der Waals surface area contributed by atoms with Crippen molar-refractivity contribution in [3.8, 4) is 11.5 Å². The maximum absolute atomic E-state index is 9.59. The summed E-state index contributed by atoms with van der Waals surface area (Å²) in [5, 5.41) is 22.4. The zero-order chi connectivity index (χ0) is 14.4. The van der Waals surface area contributed by atoms with Gasteiger partial charge in [0, 0.05) is 13.1 Å². The fourth-order valence-electron chi connectivity index (χ4n) is 2.91. The normalized spacial score (nSPS) is 16.7. The first-order valence-corrected chi connectivity index (χ1v) is 7.63. The van der Waals surface area contributed by atoms with Crippen molar-refractivity contribution in [3.05, 3.63) is 23.8 Å². The van der Waals surface area contributed by atoms with Gasteiger partial charge in [-0.05, 0) is 62.5 Å². The molecule has 0 spiro atoms. The van der Waals surface area contributed by atoms with Crippen LogP contribution >= 0.6 is 0 Å². The van der Waals surface area contributed by atoms with Gasteiger partial charge in [0.2, 0.25) is 0 Å². The first-order chi connectivity index (χ1) is 9.69. The van der Waals surface area contributed by atoms with Gasteiger partial charge in [-0.3, -0.25) is 4.90 Å². The van der Waals surface area contributed by atoms with Crippen LogP contribution in [0.3, 0.4) is 0 Å². The Bertz CT molecular complexity index is 417. The largest absolute Gasteiger partial charge is 0.504 e. The summed E-state index contributed by atoms with van der Waals surface area (Å²) in [6.45, 7) is 7.49. The third-order valence-electron chi connectivity index (χ3n) is 3.96. The highest BCUT2D eigenvalue weighted by Crippen LogP contribution is 2.26. The van der Waals surface area contributed by atoms with Crippen LogP contribution in [0.5, 0.6) is 11.5 Å². The van der Waals surface area contributed by atoms with E-state index in [1.807, 2.05) is 6.07 Å². The predicted octanol–water partition coefficient (Wildman–Crippen LogP) is 2.31. The van der Waals surface area contributed by atoms with Gasteiger partial charge in [0.05, 0.1) is 0 Å². The molecule has 1 aliphatic heterocycles. The SMILES string of the molecule is CCCN(Cc1ccc(O)c(O)c1)CC1CCNCC1. The van der Waals surface area contributed by atoms with Gasteiger partial charge in [0.25, 0.3) is 0 Å². The van der Waals surface area contributed by atoms with Crippen molar-refractivity contribution in [2.45, 2.75) is 32.7 Å². The lowest BCUT2D eigenvalue weighted by Gasteiger charge is -2.30. The maximum atomic E-state index is 9.59. The molecule has 4 nitrogen and oxygen atoms in total. The molecular weight excluding hydrogens is 252 g/mol. The van der Waals surface area contributed by atoms with Gasteiger partial charge in [-0.25, -0.2) is 0 Å². The Kier molecular flexibility index (Phi) is 5.68. The molecule has 0 saturated carbocycles. The summed E-state index contributed by atoms with van der Waals surface area (Å²) in [7, 11) is 0. The number of phenolic OH excluding ortho intramolecular Hbond substituents is 2. The average Bonchev–Trinajstić information content (AvgIpc) is 2.44. The molecule has 0 bridgehead atoms. The summed E-state index contributed by atoms with van der Waals surface area (Å²) in [5.74, 6) is 0.698. The molecule has 0 unspecified atom stereocenters. The second-order valence-electron chi connectivity index (χ2n) is 5.75. The fourth-order valence-corrected chi connectivity index (χ4v) is 2.91. The molecule has 0 amide bonds. The number of hydrogen-bond acceptors (Lipinski definition) is 4. The van der Waals surface area contributed by atoms with Gasteiger partial charge in [-0.1, -0.05) is 13.0 Å². The second kappa shape index (κ2) is 7.50. The summed E-state index contributed by atoms with van der Waals surface area (Å²) in [6, 6.07) is 5.12. The summed E-state index contributed by atoms with van der Waals surface area (Å²) < 4.78 is 0. The first-order valence-electron chi connectivity index (χ1n) is 7.63. The summed E-state index contributed by atoms with van der Waals surface area (Å²) in [4.78, 5) is 2.46. The van der Waals surface area contributed by atoms with Crippen molar-refractivity contribution >= 4 is 0 Å². The number of piperidine rings is 1. The van der Waals surface area contributed by atoms with E-state index >= 15 is 0 Å². The Morgan fingerprint density at radius 1 is 1.20 bits per heavy atom. The molecule has 20 heavy (non-hydrogen) atoms. The second-order valence-corrected chi connectivity index (χ2v) is 5.75. The van der Waals surface area contributed by atoms with Crippen LogP contribution in [-0.4, -0.2) is 41.3 Å². The lowest BCUT2D eigenvalue weighted by Crippen LogP contribution is -2.36. The molecule has 1 aromatic carbocycles. The Labute approximate surface area is 121 Å². The third-order valence-corrected chi connectivity index (χ3v) is 3.96. The number of nitrogens with zero attached hydrogens (tertiary/aromatic N) is 1. The van der Waals surface area contributed by atoms with E-state index < -0.39 is 0 Å². The lowest BCUT2D eigenvalue weighted by atomic mass is 9.97. The molecular formula is C16H26N2O2. The molecule has 112 valence electrons. The highest BCUT2D eigenvalue weighted by Gasteiger charge is 2.17. The third kappa shape index (κ3) is 4.39. The van der Waals surface area contributed by atoms with Crippen molar-refractivity contribution < 1.29 is 10.2 Å². The van der Waals surface area contributed by atoms with Crippen LogP contribution < -0.4 is 5.32 Å². The van der Waals surface area contributed by atoms with Crippen molar-refractivity contribution in [1.29, 1.82) is 0 Å². The van der Waals surface area contributed by atoms with Crippen molar-refractivity contribution in [1.82, 2.24) is 10.2 Å². The number of benzene rings is 1. The number of hydrogen-bond donors (Lipinski definition) is 3. The van der Waals surface area contributed by atoms with Gasteiger partial charge < -0.3 is 15.5 Å². The number of rotatable bonds is 6. The number of aromatic hydroxyl groups is 2. The van der Waals surface area contributed by atoms with Gasteiger partial charge in [-0.15, -0.1) is 0 Å². The highest BCUT2D eigenvalue weighted by atomic mass is 16.3. The van der Waals surface area contributed by atoms with Gasteiger partial charge in [0.15, 0.2) is 11.5 Å². The number of phenols is 2. The minimum Gasteiger partial charge on any atom is -0.504 e. The van der Waals surface area contributed by atoms with Crippen LogP contribution in [0.2, 0.25) is 0 Å². The van der Waals surface area contributed by atoms with Crippen molar-refractivity contribution in [2.24, 2.45) is 5.92 Å². The van der Waals surface area contributed by atoms with Crippen LogP contribution in [0.25, 0.3) is 0 Å². The van der Waals surface area contributed by atoms with E-state index in [1.165, 1.54) is 12.8 Å². The van der Waals surface area contributed by atoms with Gasteiger partial charge in [0.1, 0.15) is 0 Å². The number of nitrogens with one attached hydrogen (secondary N) is 1. The molecule has 1 aliphatic rings. The van der Waals surface area contributed by atoms with E-state index in [4.69, 9.17) is 0 Å². The Balaban J connectivity index is 1.94. The molecule has 1 fully saturated rings. The fraction of sp³-hybridized carbons (Fsp3) is 0.625. The zero-order valence-electron chi connectivity index (χ0n) is 12.3. The van der Waals surface area contributed by atoms with Crippen LogP contribution in [-0.2, 0) is 6.54 Å². The molecule has 3 N–H and O–H groups in total. The Morgan fingerprint density at radius 2 is 1.95 bits per heavy atom. The van der Waals surface area contributed by atoms with Crippen LogP contribution in [0.15, 0.2) is 18.2 Å². The Morgan fingerprint density at radius 3 is 2.60 bits per heavy atom. The molecule has 0 radical (unpaired) electrons. The maximum Gasteiger partial charge on any atom is 0.157 e. The molecule has 4 heteroatoms. The molecule has 1 heterocycles. The average molecular weight is 278 g/mol. The molecule has 2 rings (SSSR count). The van der Waals surface area contributed by atoms with Crippen molar-refractivity contribution in [2.75, 3.05) is 26.2 Å². The summed E-state index contributed by atoms with van der Waals surface area (Å²) in [6.07, 6.45) is 3.64. The van der Waals surface area contributed by atoms with E-state index in [2.05, 4.69) is 17.1 Å². The van der Waals surface area contributed by atoms with E-state index in [9.17, 15) is 10.2 Å². The van der Waals surface area contributed by atoms with Crippen LogP contribution in [0.1, 0.15) is 31.7 Å². The molecule has 0 aromatic heterocycles. The summed E-state index contributed by atoms with van der Waals surface area (Å²) >= 11 is 0. The van der Waals surface area contributed by atoms with E-state index in [0.29, 0.717) is 0 Å². The van der Waals surface area contributed by atoms with Crippen LogP contribution in [0.4, 0.5) is 0 Å². The van der Waals surface area contributed by atoms with E-state index in [0.717, 1.165) is 50.6 Å². The standard InChI is InChI=1S/C16H26N2O2/c1-2-9-18(11-13-5-7-17-8-6-13)12-14-3-4-15(19)16(20)10-14/h3-4,10,13,17,19-20H,2,5-9,11-12H2,1H3.